The van der Waals surface area contributed by atoms with Gasteiger partial charge in [0.05, 0.1) is 0 Å². The Morgan fingerprint density at radius 2 is 2.27 bits per heavy atom. The van der Waals surface area contributed by atoms with Crippen LogP contribution in [-0.2, 0) is 11.3 Å². The van der Waals surface area contributed by atoms with E-state index in [4.69, 9.17) is 4.74 Å². The summed E-state index contributed by atoms with van der Waals surface area (Å²) in [5.74, 6) is -0.177. The normalized spacial score (nSPS) is 10.6. The van der Waals surface area contributed by atoms with Crippen LogP contribution in [0.15, 0.2) is 22.7 Å². The van der Waals surface area contributed by atoms with Crippen molar-refractivity contribution in [1.82, 2.24) is 5.32 Å². The van der Waals surface area contributed by atoms with Crippen LogP contribution in [-0.4, -0.2) is 20.3 Å². The molecule has 0 bridgehead atoms. The molecule has 0 fully saturated rings. The minimum absolute atomic E-state index is 0.177. The van der Waals surface area contributed by atoms with Crippen molar-refractivity contribution in [1.29, 1.82) is 0 Å². The lowest BCUT2D eigenvalue weighted by Gasteiger charge is -2.05. The first-order valence-electron chi connectivity index (χ1n) is 4.87. The Morgan fingerprint density at radius 3 is 2.93 bits per heavy atom. The molecule has 1 rings (SSSR count). The summed E-state index contributed by atoms with van der Waals surface area (Å²) in [5.41, 5.74) is 0.690. The van der Waals surface area contributed by atoms with Crippen LogP contribution in [0.25, 0.3) is 0 Å². The Labute approximate surface area is 98.0 Å². The largest absolute Gasteiger partial charge is 0.385 e. The first-order valence-corrected chi connectivity index (χ1v) is 5.67. The molecule has 0 aromatic heterocycles. The highest BCUT2D eigenvalue weighted by atomic mass is 79.9. The maximum Gasteiger partial charge on any atom is 0.128 e. The van der Waals surface area contributed by atoms with Crippen LogP contribution in [0.3, 0.4) is 0 Å². The molecule has 0 aliphatic carbocycles. The number of benzene rings is 1. The quantitative estimate of drug-likeness (QED) is 0.807. The second-order valence-electron chi connectivity index (χ2n) is 3.26. The van der Waals surface area contributed by atoms with Crippen molar-refractivity contribution in [3.8, 4) is 0 Å². The zero-order valence-electron chi connectivity index (χ0n) is 8.72. The van der Waals surface area contributed by atoms with Crippen molar-refractivity contribution in [2.45, 2.75) is 13.0 Å². The zero-order valence-corrected chi connectivity index (χ0v) is 10.3. The Bertz CT molecular complexity index is 307. The second kappa shape index (κ2) is 6.93. The molecule has 15 heavy (non-hydrogen) atoms. The lowest BCUT2D eigenvalue weighted by Crippen LogP contribution is -2.16. The van der Waals surface area contributed by atoms with Crippen molar-refractivity contribution < 1.29 is 9.13 Å². The number of rotatable bonds is 6. The van der Waals surface area contributed by atoms with Gasteiger partial charge >= 0.3 is 0 Å². The molecule has 1 aromatic carbocycles. The molecule has 0 saturated carbocycles. The van der Waals surface area contributed by atoms with E-state index < -0.39 is 0 Å². The van der Waals surface area contributed by atoms with Gasteiger partial charge in [0.15, 0.2) is 0 Å². The summed E-state index contributed by atoms with van der Waals surface area (Å²) in [6, 6.07) is 5.10. The monoisotopic (exact) mass is 275 g/mol. The molecule has 0 spiro atoms. The molecule has 0 unspecified atom stereocenters. The van der Waals surface area contributed by atoms with Crippen molar-refractivity contribution in [2.24, 2.45) is 0 Å². The molecule has 2 nitrogen and oxygen atoms in total. The van der Waals surface area contributed by atoms with E-state index in [-0.39, 0.29) is 5.82 Å². The molecular weight excluding hydrogens is 261 g/mol. The van der Waals surface area contributed by atoms with E-state index in [0.29, 0.717) is 12.1 Å². The summed E-state index contributed by atoms with van der Waals surface area (Å²) < 4.78 is 19.0. The summed E-state index contributed by atoms with van der Waals surface area (Å²) in [6.07, 6.45) is 0.939. The fraction of sp³-hybridized carbons (Fsp3) is 0.455. The Balaban J connectivity index is 2.31. The Morgan fingerprint density at radius 1 is 1.47 bits per heavy atom. The lowest BCUT2D eigenvalue weighted by molar-refractivity contribution is 0.194. The van der Waals surface area contributed by atoms with Crippen molar-refractivity contribution in [2.75, 3.05) is 20.3 Å². The molecule has 0 saturated heterocycles. The number of hydrogen-bond donors (Lipinski definition) is 1. The first kappa shape index (κ1) is 12.6. The third-order valence-corrected chi connectivity index (χ3v) is 2.53. The number of hydrogen-bond acceptors (Lipinski definition) is 2. The summed E-state index contributed by atoms with van der Waals surface area (Å²) in [6.45, 7) is 2.13. The molecule has 0 aliphatic heterocycles. The molecule has 1 N–H and O–H groups in total. The molecule has 0 amide bonds. The molecule has 84 valence electrons. The van der Waals surface area contributed by atoms with Gasteiger partial charge in [-0.05, 0) is 25.1 Å². The predicted octanol–water partition coefficient (Wildman–Crippen LogP) is 2.71. The van der Waals surface area contributed by atoms with Gasteiger partial charge in [-0.2, -0.15) is 0 Å². The topological polar surface area (TPSA) is 21.3 Å². The maximum absolute atomic E-state index is 13.3. The third kappa shape index (κ3) is 4.73. The average molecular weight is 276 g/mol. The lowest BCUT2D eigenvalue weighted by atomic mass is 10.2. The first-order chi connectivity index (χ1) is 7.24. The molecule has 0 aliphatic rings. The highest BCUT2D eigenvalue weighted by Gasteiger charge is 2.01. The smallest absolute Gasteiger partial charge is 0.128 e. The maximum atomic E-state index is 13.3. The van der Waals surface area contributed by atoms with Crippen molar-refractivity contribution >= 4 is 15.9 Å². The van der Waals surface area contributed by atoms with E-state index in [9.17, 15) is 4.39 Å². The van der Waals surface area contributed by atoms with Gasteiger partial charge in [0.1, 0.15) is 5.82 Å². The van der Waals surface area contributed by atoms with Crippen LogP contribution in [0.5, 0.6) is 0 Å². The molecule has 1 aromatic rings. The van der Waals surface area contributed by atoms with E-state index in [0.717, 1.165) is 24.0 Å². The molecule has 0 atom stereocenters. The molecule has 4 heteroatoms. The van der Waals surface area contributed by atoms with E-state index in [1.807, 2.05) is 6.07 Å². The van der Waals surface area contributed by atoms with Crippen molar-refractivity contribution in [3.63, 3.8) is 0 Å². The molecular formula is C11H15BrFNO. The molecule has 0 radical (unpaired) electrons. The van der Waals surface area contributed by atoms with Gasteiger partial charge in [-0.1, -0.05) is 22.0 Å². The SMILES string of the molecule is COCCCNCc1ccc(Br)cc1F. The minimum atomic E-state index is -0.177. The summed E-state index contributed by atoms with van der Waals surface area (Å²) in [7, 11) is 1.67. The van der Waals surface area contributed by atoms with E-state index >= 15 is 0 Å². The van der Waals surface area contributed by atoms with Gasteiger partial charge in [0.25, 0.3) is 0 Å². The fourth-order valence-corrected chi connectivity index (χ4v) is 1.56. The van der Waals surface area contributed by atoms with Crippen LogP contribution >= 0.6 is 15.9 Å². The Kier molecular flexibility index (Phi) is 5.83. The summed E-state index contributed by atoms with van der Waals surface area (Å²) >= 11 is 3.22. The van der Waals surface area contributed by atoms with Gasteiger partial charge in [0, 0.05) is 30.3 Å². The standard InChI is InChI=1S/C11H15BrFNO/c1-15-6-2-5-14-8-9-3-4-10(12)7-11(9)13/h3-4,7,14H,2,5-6,8H2,1H3. The number of methoxy groups -OCH3 is 1. The summed E-state index contributed by atoms with van der Waals surface area (Å²) in [4.78, 5) is 0. The van der Waals surface area contributed by atoms with Crippen LogP contribution in [0.2, 0.25) is 0 Å². The van der Waals surface area contributed by atoms with Crippen LogP contribution in [0.4, 0.5) is 4.39 Å². The number of nitrogens with one attached hydrogen (secondary N) is 1. The fourth-order valence-electron chi connectivity index (χ4n) is 1.23. The van der Waals surface area contributed by atoms with Crippen LogP contribution in [0.1, 0.15) is 12.0 Å². The van der Waals surface area contributed by atoms with Gasteiger partial charge in [-0.25, -0.2) is 4.39 Å². The van der Waals surface area contributed by atoms with Gasteiger partial charge in [-0.15, -0.1) is 0 Å². The van der Waals surface area contributed by atoms with Crippen LogP contribution < -0.4 is 5.32 Å². The van der Waals surface area contributed by atoms with Gasteiger partial charge in [-0.3, -0.25) is 0 Å². The number of halogens is 2. The van der Waals surface area contributed by atoms with E-state index in [2.05, 4.69) is 21.2 Å². The predicted molar refractivity (Wildman–Crippen MR) is 62.3 cm³/mol. The van der Waals surface area contributed by atoms with Crippen molar-refractivity contribution in [3.05, 3.63) is 34.1 Å². The average Bonchev–Trinajstić information content (AvgIpc) is 2.20. The van der Waals surface area contributed by atoms with E-state index in [1.54, 1.807) is 13.2 Å². The highest BCUT2D eigenvalue weighted by molar-refractivity contribution is 9.10. The highest BCUT2D eigenvalue weighted by Crippen LogP contribution is 2.14. The zero-order chi connectivity index (χ0) is 11.1. The number of ether oxygens (including phenoxy) is 1. The van der Waals surface area contributed by atoms with Crippen LogP contribution in [0, 0.1) is 5.82 Å². The second-order valence-corrected chi connectivity index (χ2v) is 4.17. The minimum Gasteiger partial charge on any atom is -0.385 e. The molecule has 0 heterocycles. The summed E-state index contributed by atoms with van der Waals surface area (Å²) in [5, 5.41) is 3.16. The Hall–Kier alpha value is -0.450. The van der Waals surface area contributed by atoms with E-state index in [1.165, 1.54) is 6.07 Å². The van der Waals surface area contributed by atoms with Gasteiger partial charge < -0.3 is 10.1 Å². The van der Waals surface area contributed by atoms with Gasteiger partial charge in [0.2, 0.25) is 0 Å². The third-order valence-electron chi connectivity index (χ3n) is 2.03.